The zero-order chi connectivity index (χ0) is 13.9. The summed E-state index contributed by atoms with van der Waals surface area (Å²) in [7, 11) is 0. The first-order valence-corrected chi connectivity index (χ1v) is 7.17. The lowest BCUT2D eigenvalue weighted by Gasteiger charge is -2.07. The van der Waals surface area contributed by atoms with Gasteiger partial charge in [0.15, 0.2) is 0 Å². The van der Waals surface area contributed by atoms with Gasteiger partial charge in [0.05, 0.1) is 4.47 Å². The molecule has 0 spiro atoms. The molecule has 0 amide bonds. The van der Waals surface area contributed by atoms with Gasteiger partial charge in [0.1, 0.15) is 11.6 Å². The quantitative estimate of drug-likeness (QED) is 0.908. The Morgan fingerprint density at radius 2 is 2.05 bits per heavy atom. The smallest absolute Gasteiger partial charge is 0.321 e. The molecule has 1 aromatic heterocycles. The molecule has 1 aliphatic carbocycles. The number of hydrogen-bond donors (Lipinski definition) is 1. The van der Waals surface area contributed by atoms with E-state index in [1.54, 1.807) is 18.5 Å². The number of hydrogen-bond acceptors (Lipinski definition) is 4. The number of benzene rings is 1. The topological polar surface area (TPSA) is 47.0 Å². The van der Waals surface area contributed by atoms with Crippen molar-refractivity contribution in [2.75, 3.05) is 0 Å². The van der Waals surface area contributed by atoms with Gasteiger partial charge >= 0.3 is 6.01 Å². The fourth-order valence-corrected chi connectivity index (χ4v) is 2.02. The Kier molecular flexibility index (Phi) is 3.93. The highest BCUT2D eigenvalue weighted by Crippen LogP contribution is 2.28. The van der Waals surface area contributed by atoms with E-state index >= 15 is 0 Å². The van der Waals surface area contributed by atoms with E-state index in [0.717, 1.165) is 12.1 Å². The molecule has 0 bridgehead atoms. The van der Waals surface area contributed by atoms with Crippen LogP contribution in [0.5, 0.6) is 11.8 Å². The van der Waals surface area contributed by atoms with Gasteiger partial charge in [-0.25, -0.2) is 14.4 Å². The van der Waals surface area contributed by atoms with Gasteiger partial charge in [-0.05, 0) is 40.9 Å². The minimum atomic E-state index is -0.367. The minimum Gasteiger partial charge on any atom is -0.423 e. The molecular formula is C14H13BrFN3O. The number of aromatic nitrogens is 2. The lowest BCUT2D eigenvalue weighted by Crippen LogP contribution is -2.15. The van der Waals surface area contributed by atoms with E-state index < -0.39 is 0 Å². The van der Waals surface area contributed by atoms with E-state index in [-0.39, 0.29) is 11.8 Å². The van der Waals surface area contributed by atoms with Crippen molar-refractivity contribution in [2.24, 2.45) is 0 Å². The predicted molar refractivity (Wildman–Crippen MR) is 76.1 cm³/mol. The molecule has 1 fully saturated rings. The summed E-state index contributed by atoms with van der Waals surface area (Å²) in [5, 5.41) is 3.38. The average molecular weight is 338 g/mol. The number of halogens is 2. The Labute approximate surface area is 124 Å². The highest BCUT2D eigenvalue weighted by Gasteiger charge is 2.20. The Bertz CT molecular complexity index is 602. The summed E-state index contributed by atoms with van der Waals surface area (Å²) in [6.07, 6.45) is 5.92. The molecule has 0 saturated heterocycles. The van der Waals surface area contributed by atoms with Crippen LogP contribution < -0.4 is 10.1 Å². The summed E-state index contributed by atoms with van der Waals surface area (Å²) in [6, 6.07) is 5.07. The van der Waals surface area contributed by atoms with Crippen molar-refractivity contribution in [3.63, 3.8) is 0 Å². The van der Waals surface area contributed by atoms with Gasteiger partial charge in [-0.2, -0.15) is 0 Å². The molecule has 0 aliphatic heterocycles. The van der Waals surface area contributed by atoms with Gasteiger partial charge in [0, 0.05) is 36.6 Å². The van der Waals surface area contributed by atoms with Crippen LogP contribution in [0, 0.1) is 5.82 Å². The lowest BCUT2D eigenvalue weighted by atomic mass is 10.3. The van der Waals surface area contributed by atoms with Crippen molar-refractivity contribution < 1.29 is 9.13 Å². The number of nitrogens with one attached hydrogen (secondary N) is 1. The highest BCUT2D eigenvalue weighted by molar-refractivity contribution is 9.10. The highest BCUT2D eigenvalue weighted by atomic mass is 79.9. The zero-order valence-electron chi connectivity index (χ0n) is 10.6. The van der Waals surface area contributed by atoms with Gasteiger partial charge in [-0.15, -0.1) is 0 Å². The molecule has 20 heavy (non-hydrogen) atoms. The van der Waals surface area contributed by atoms with Crippen LogP contribution >= 0.6 is 15.9 Å². The Hall–Kier alpha value is -1.53. The van der Waals surface area contributed by atoms with Crippen LogP contribution in [0.1, 0.15) is 18.4 Å². The Balaban J connectivity index is 1.66. The molecule has 1 aliphatic rings. The molecule has 1 saturated carbocycles. The first kappa shape index (κ1) is 13.5. The molecule has 1 aromatic carbocycles. The number of ether oxygens (including phenoxy) is 1. The molecule has 6 heteroatoms. The van der Waals surface area contributed by atoms with E-state index in [9.17, 15) is 4.39 Å². The second-order valence-corrected chi connectivity index (χ2v) is 5.56. The second kappa shape index (κ2) is 5.85. The molecule has 3 rings (SSSR count). The van der Waals surface area contributed by atoms with Crippen molar-refractivity contribution in [2.45, 2.75) is 25.4 Å². The Morgan fingerprint density at radius 3 is 2.75 bits per heavy atom. The third kappa shape index (κ3) is 3.52. The fourth-order valence-electron chi connectivity index (χ4n) is 1.69. The second-order valence-electron chi connectivity index (χ2n) is 4.71. The molecule has 104 valence electrons. The maximum absolute atomic E-state index is 13.1. The van der Waals surface area contributed by atoms with Crippen molar-refractivity contribution in [3.8, 4) is 11.8 Å². The van der Waals surface area contributed by atoms with Crippen molar-refractivity contribution in [1.82, 2.24) is 15.3 Å². The monoisotopic (exact) mass is 337 g/mol. The van der Waals surface area contributed by atoms with E-state index in [2.05, 4.69) is 31.2 Å². The fraction of sp³-hybridized carbons (Fsp3) is 0.286. The summed E-state index contributed by atoms with van der Waals surface area (Å²) in [4.78, 5) is 8.25. The van der Waals surface area contributed by atoms with E-state index in [0.29, 0.717) is 16.3 Å². The summed E-state index contributed by atoms with van der Waals surface area (Å²) in [5.74, 6) is -0.0118. The zero-order valence-corrected chi connectivity index (χ0v) is 12.2. The molecule has 4 nitrogen and oxygen atoms in total. The van der Waals surface area contributed by atoms with Crippen LogP contribution in [-0.2, 0) is 6.54 Å². The Morgan fingerprint density at radius 1 is 1.30 bits per heavy atom. The largest absolute Gasteiger partial charge is 0.423 e. The average Bonchev–Trinajstić information content (AvgIpc) is 3.26. The first-order chi connectivity index (χ1) is 9.70. The van der Waals surface area contributed by atoms with Gasteiger partial charge < -0.3 is 10.1 Å². The normalized spacial score (nSPS) is 14.3. The minimum absolute atomic E-state index is 0.200. The van der Waals surface area contributed by atoms with Gasteiger partial charge in [-0.3, -0.25) is 0 Å². The van der Waals surface area contributed by atoms with Gasteiger partial charge in [-0.1, -0.05) is 0 Å². The van der Waals surface area contributed by atoms with Crippen LogP contribution in [0.3, 0.4) is 0 Å². The van der Waals surface area contributed by atoms with Crippen molar-refractivity contribution >= 4 is 15.9 Å². The molecule has 1 N–H and O–H groups in total. The summed E-state index contributed by atoms with van der Waals surface area (Å²) < 4.78 is 19.3. The summed E-state index contributed by atoms with van der Waals surface area (Å²) in [6.45, 7) is 0.759. The standard InChI is InChI=1S/C14H13BrFN3O/c15-12-4-1-10(16)5-13(12)20-14-18-7-9(8-19-14)6-17-11-2-3-11/h1,4-5,7-8,11,17H,2-3,6H2. The summed E-state index contributed by atoms with van der Waals surface area (Å²) in [5.41, 5.74) is 1.00. The van der Waals surface area contributed by atoms with Crippen LogP contribution in [0.15, 0.2) is 35.1 Å². The molecule has 2 aromatic rings. The van der Waals surface area contributed by atoms with E-state index in [4.69, 9.17) is 4.74 Å². The summed E-state index contributed by atoms with van der Waals surface area (Å²) >= 11 is 3.29. The first-order valence-electron chi connectivity index (χ1n) is 6.38. The molecular weight excluding hydrogens is 325 g/mol. The van der Waals surface area contributed by atoms with Gasteiger partial charge in [0.25, 0.3) is 0 Å². The van der Waals surface area contributed by atoms with E-state index in [1.165, 1.54) is 25.0 Å². The maximum Gasteiger partial charge on any atom is 0.321 e. The number of rotatable bonds is 5. The van der Waals surface area contributed by atoms with Crippen LogP contribution in [-0.4, -0.2) is 16.0 Å². The SMILES string of the molecule is Fc1ccc(Br)c(Oc2ncc(CNC3CC3)cn2)c1. The lowest BCUT2D eigenvalue weighted by molar-refractivity contribution is 0.434. The molecule has 0 atom stereocenters. The van der Waals surface area contributed by atoms with Gasteiger partial charge in [0.2, 0.25) is 0 Å². The van der Waals surface area contributed by atoms with Crippen molar-refractivity contribution in [3.05, 3.63) is 46.4 Å². The molecule has 0 unspecified atom stereocenters. The maximum atomic E-state index is 13.1. The van der Waals surface area contributed by atoms with Crippen molar-refractivity contribution in [1.29, 1.82) is 0 Å². The molecule has 1 heterocycles. The predicted octanol–water partition coefficient (Wildman–Crippen LogP) is 3.42. The molecule has 0 radical (unpaired) electrons. The number of nitrogens with zero attached hydrogens (tertiary/aromatic N) is 2. The van der Waals surface area contributed by atoms with Crippen LogP contribution in [0.2, 0.25) is 0 Å². The van der Waals surface area contributed by atoms with Crippen LogP contribution in [0.25, 0.3) is 0 Å². The van der Waals surface area contributed by atoms with Crippen LogP contribution in [0.4, 0.5) is 4.39 Å². The third-order valence-electron chi connectivity index (χ3n) is 2.95. The van der Waals surface area contributed by atoms with E-state index in [1.807, 2.05) is 0 Å². The third-order valence-corrected chi connectivity index (χ3v) is 3.60.